The molecule has 128 valence electrons. The van der Waals surface area contributed by atoms with Crippen LogP contribution in [0.1, 0.15) is 17.0 Å². The Kier molecular flexibility index (Phi) is 5.24. The van der Waals surface area contributed by atoms with E-state index >= 15 is 0 Å². The Hall–Kier alpha value is -3.54. The second-order valence-corrected chi connectivity index (χ2v) is 4.80. The van der Waals surface area contributed by atoms with Crippen molar-refractivity contribution in [1.29, 1.82) is 10.7 Å². The van der Waals surface area contributed by atoms with Gasteiger partial charge >= 0.3 is 6.18 Å². The van der Waals surface area contributed by atoms with Crippen LogP contribution in [0, 0.1) is 16.7 Å². The molecular formula is C16H13F3N6. The average Bonchev–Trinajstić information content (AvgIpc) is 2.98. The van der Waals surface area contributed by atoms with Crippen LogP contribution in [0.2, 0.25) is 0 Å². The minimum atomic E-state index is -4.56. The predicted molar refractivity (Wildman–Crippen MR) is 88.1 cm³/mol. The second kappa shape index (κ2) is 7.35. The first kappa shape index (κ1) is 17.8. The molecule has 1 aromatic carbocycles. The van der Waals surface area contributed by atoms with Crippen LogP contribution in [-0.4, -0.2) is 16.7 Å². The molecule has 0 atom stereocenters. The first-order chi connectivity index (χ1) is 11.8. The number of nitrogens with two attached hydrogens (primary N) is 1. The van der Waals surface area contributed by atoms with E-state index in [2.05, 4.69) is 10.5 Å². The summed E-state index contributed by atoms with van der Waals surface area (Å²) < 4.78 is 40.8. The normalized spacial score (nSPS) is 11.8. The fourth-order valence-corrected chi connectivity index (χ4v) is 2.10. The van der Waals surface area contributed by atoms with Crippen LogP contribution < -0.4 is 11.2 Å². The zero-order valence-corrected chi connectivity index (χ0v) is 12.7. The van der Waals surface area contributed by atoms with Crippen LogP contribution in [0.3, 0.4) is 0 Å². The molecule has 0 aliphatic carbocycles. The van der Waals surface area contributed by atoms with Crippen molar-refractivity contribution in [2.24, 2.45) is 10.8 Å². The Morgan fingerprint density at radius 2 is 2.08 bits per heavy atom. The standard InChI is InChI=1S/C16H13F3N6/c17-16(18,19)14-7-6-12(5-2-8-23-24-15(21)22)25(14)13-4-1-3-11(9-13)10-20/h1-9H,(H4,21,22,24)/b5-2+,23-8+. The van der Waals surface area contributed by atoms with E-state index in [1.807, 2.05) is 6.07 Å². The van der Waals surface area contributed by atoms with Gasteiger partial charge in [-0.25, -0.2) is 5.43 Å². The lowest BCUT2D eigenvalue weighted by Crippen LogP contribution is -2.25. The van der Waals surface area contributed by atoms with Crippen LogP contribution in [0.25, 0.3) is 11.8 Å². The highest BCUT2D eigenvalue weighted by Crippen LogP contribution is 2.33. The van der Waals surface area contributed by atoms with Gasteiger partial charge in [0.15, 0.2) is 0 Å². The third kappa shape index (κ3) is 4.48. The van der Waals surface area contributed by atoms with Gasteiger partial charge in [0, 0.05) is 17.6 Å². The molecule has 0 spiro atoms. The van der Waals surface area contributed by atoms with Crippen molar-refractivity contribution in [3.05, 3.63) is 59.4 Å². The lowest BCUT2D eigenvalue weighted by molar-refractivity contribution is -0.142. The Labute approximate surface area is 141 Å². The molecule has 0 radical (unpaired) electrons. The quantitative estimate of drug-likeness (QED) is 0.450. The number of allylic oxidation sites excluding steroid dienone is 1. The van der Waals surface area contributed by atoms with Crippen molar-refractivity contribution >= 4 is 18.3 Å². The minimum Gasteiger partial charge on any atom is -0.369 e. The van der Waals surface area contributed by atoms with Gasteiger partial charge in [0.25, 0.3) is 0 Å². The maximum atomic E-state index is 13.3. The number of halogens is 3. The van der Waals surface area contributed by atoms with Crippen molar-refractivity contribution in [3.8, 4) is 11.8 Å². The van der Waals surface area contributed by atoms with E-state index in [-0.39, 0.29) is 22.9 Å². The molecule has 25 heavy (non-hydrogen) atoms. The van der Waals surface area contributed by atoms with Crippen molar-refractivity contribution < 1.29 is 13.2 Å². The summed E-state index contributed by atoms with van der Waals surface area (Å²) >= 11 is 0. The third-order valence-electron chi connectivity index (χ3n) is 3.05. The van der Waals surface area contributed by atoms with E-state index in [9.17, 15) is 13.2 Å². The van der Waals surface area contributed by atoms with Crippen molar-refractivity contribution in [1.82, 2.24) is 9.99 Å². The molecule has 0 unspecified atom stereocenters. The van der Waals surface area contributed by atoms with E-state index in [1.54, 1.807) is 0 Å². The average molecular weight is 346 g/mol. The zero-order valence-electron chi connectivity index (χ0n) is 12.7. The molecule has 9 heteroatoms. The highest BCUT2D eigenvalue weighted by atomic mass is 19.4. The number of hydrogen-bond donors (Lipinski definition) is 3. The zero-order chi connectivity index (χ0) is 18.4. The van der Waals surface area contributed by atoms with E-state index < -0.39 is 11.9 Å². The monoisotopic (exact) mass is 346 g/mol. The van der Waals surface area contributed by atoms with Gasteiger partial charge in [-0.2, -0.15) is 23.5 Å². The van der Waals surface area contributed by atoms with Gasteiger partial charge in [-0.15, -0.1) is 0 Å². The van der Waals surface area contributed by atoms with Gasteiger partial charge in [0.2, 0.25) is 5.96 Å². The molecule has 4 N–H and O–H groups in total. The fourth-order valence-electron chi connectivity index (χ4n) is 2.10. The number of nitrogens with one attached hydrogen (secondary N) is 2. The van der Waals surface area contributed by atoms with Gasteiger partial charge in [0.05, 0.1) is 11.6 Å². The lowest BCUT2D eigenvalue weighted by Gasteiger charge is -2.14. The van der Waals surface area contributed by atoms with E-state index in [0.717, 1.165) is 10.6 Å². The Bertz CT molecular complexity index is 871. The van der Waals surface area contributed by atoms with Gasteiger partial charge in [-0.05, 0) is 42.5 Å². The predicted octanol–water partition coefficient (Wildman–Crippen LogP) is 2.85. The smallest absolute Gasteiger partial charge is 0.369 e. The summed E-state index contributed by atoms with van der Waals surface area (Å²) in [5, 5.41) is 19.5. The number of guanidine groups is 1. The highest BCUT2D eigenvalue weighted by Gasteiger charge is 2.35. The molecule has 0 aliphatic heterocycles. The summed E-state index contributed by atoms with van der Waals surface area (Å²) in [7, 11) is 0. The van der Waals surface area contributed by atoms with Crippen LogP contribution in [0.4, 0.5) is 13.2 Å². The summed E-state index contributed by atoms with van der Waals surface area (Å²) in [6.45, 7) is 0. The Morgan fingerprint density at radius 1 is 1.32 bits per heavy atom. The number of nitrogens with zero attached hydrogens (tertiary/aromatic N) is 3. The van der Waals surface area contributed by atoms with E-state index in [4.69, 9.17) is 16.4 Å². The molecular weight excluding hydrogens is 333 g/mol. The molecule has 2 aromatic rings. The van der Waals surface area contributed by atoms with Crippen LogP contribution in [0.15, 0.2) is 47.6 Å². The molecule has 0 fully saturated rings. The number of aromatic nitrogens is 1. The van der Waals surface area contributed by atoms with E-state index in [0.29, 0.717) is 0 Å². The highest BCUT2D eigenvalue weighted by molar-refractivity contribution is 5.80. The van der Waals surface area contributed by atoms with Crippen molar-refractivity contribution in [3.63, 3.8) is 0 Å². The number of hydrogen-bond acceptors (Lipinski definition) is 3. The topological polar surface area (TPSA) is 103 Å². The molecule has 0 bridgehead atoms. The molecule has 2 rings (SSSR count). The minimum absolute atomic E-state index is 0.217. The number of hydrazone groups is 1. The van der Waals surface area contributed by atoms with Crippen molar-refractivity contribution in [2.45, 2.75) is 6.18 Å². The maximum Gasteiger partial charge on any atom is 0.431 e. The van der Waals surface area contributed by atoms with Gasteiger partial charge in [-0.1, -0.05) is 6.07 Å². The third-order valence-corrected chi connectivity index (χ3v) is 3.05. The largest absolute Gasteiger partial charge is 0.431 e. The maximum absolute atomic E-state index is 13.3. The molecule has 6 nitrogen and oxygen atoms in total. The van der Waals surface area contributed by atoms with Crippen LogP contribution in [-0.2, 0) is 6.18 Å². The SMILES string of the molecule is N#Cc1cccc(-n2c(/C=C/C=N/NC(=N)N)ccc2C(F)(F)F)c1. The first-order valence-corrected chi connectivity index (χ1v) is 6.92. The van der Waals surface area contributed by atoms with Crippen LogP contribution >= 0.6 is 0 Å². The second-order valence-electron chi connectivity index (χ2n) is 4.80. The molecule has 0 amide bonds. The summed E-state index contributed by atoms with van der Waals surface area (Å²) in [6, 6.07) is 10.1. The Balaban J connectivity index is 2.46. The molecule has 0 saturated heterocycles. The fraction of sp³-hybridized carbons (Fsp3) is 0.0625. The van der Waals surface area contributed by atoms with Crippen molar-refractivity contribution in [2.75, 3.05) is 0 Å². The van der Waals surface area contributed by atoms with Gasteiger partial charge in [0.1, 0.15) is 5.69 Å². The molecule has 0 saturated carbocycles. The van der Waals surface area contributed by atoms with Crippen LogP contribution in [0.5, 0.6) is 0 Å². The molecule has 1 aromatic heterocycles. The number of rotatable bonds is 4. The Morgan fingerprint density at radius 3 is 2.72 bits per heavy atom. The summed E-state index contributed by atoms with van der Waals surface area (Å²) in [5.41, 5.74) is 7.08. The van der Waals surface area contributed by atoms with E-state index in [1.165, 1.54) is 48.7 Å². The first-order valence-electron chi connectivity index (χ1n) is 6.92. The lowest BCUT2D eigenvalue weighted by atomic mass is 10.2. The molecule has 1 heterocycles. The number of nitriles is 1. The number of benzene rings is 1. The van der Waals surface area contributed by atoms with Gasteiger partial charge < -0.3 is 10.3 Å². The summed E-state index contributed by atoms with van der Waals surface area (Å²) in [4.78, 5) is 0. The summed E-state index contributed by atoms with van der Waals surface area (Å²) in [6.07, 6.45) is -0.494. The van der Waals surface area contributed by atoms with Gasteiger partial charge in [-0.3, -0.25) is 5.41 Å². The number of alkyl halides is 3. The summed E-state index contributed by atoms with van der Waals surface area (Å²) in [5.74, 6) is -0.360. The molecule has 0 aliphatic rings.